The van der Waals surface area contributed by atoms with E-state index in [9.17, 15) is 19.6 Å². The van der Waals surface area contributed by atoms with Crippen molar-refractivity contribution in [3.05, 3.63) is 41.0 Å². The van der Waals surface area contributed by atoms with Crippen molar-refractivity contribution in [1.82, 2.24) is 0 Å². The maximum atomic E-state index is 13.8. The van der Waals surface area contributed by atoms with Crippen LogP contribution in [0.1, 0.15) is 48.5 Å². The van der Waals surface area contributed by atoms with Crippen LogP contribution in [-0.2, 0) is 32.8 Å². The molecule has 262 valence electrons. The molecule has 1 saturated carbocycles. The predicted molar refractivity (Wildman–Crippen MR) is 159 cm³/mol. The fraction of sp³-hybridized carbons (Fsp3) is 0.581. The van der Waals surface area contributed by atoms with Gasteiger partial charge in [-0.3, -0.25) is 4.79 Å². The number of ketones is 1. The van der Waals surface area contributed by atoms with E-state index in [1.54, 1.807) is 19.1 Å². The van der Waals surface area contributed by atoms with Gasteiger partial charge in [-0.15, -0.1) is 0 Å². The van der Waals surface area contributed by atoms with Gasteiger partial charge in [-0.25, -0.2) is 9.09 Å². The molecule has 0 aromatic heterocycles. The maximum Gasteiger partial charge on any atom is 0.472 e. The van der Waals surface area contributed by atoms with Gasteiger partial charge in [-0.05, 0) is 54.3 Å². The summed E-state index contributed by atoms with van der Waals surface area (Å²) in [5.74, 6) is -0.153. The number of Topliss-reactive ketones (excluding diaryl/α,β-unsaturated/α-hetero) is 1. The number of hydrogen-bond donors (Lipinski definition) is 4. The van der Waals surface area contributed by atoms with E-state index in [0.717, 1.165) is 0 Å². The number of phosphoric ester groups is 1. The summed E-state index contributed by atoms with van der Waals surface area (Å²) in [5, 5.41) is 22.1. The lowest BCUT2D eigenvalue weighted by Gasteiger charge is -2.48. The molecule has 17 heteroatoms. The molecule has 4 N–H and O–H groups in total. The minimum absolute atomic E-state index is 0.00268. The topological polar surface area (TPSA) is 207 Å². The summed E-state index contributed by atoms with van der Waals surface area (Å²) in [5.41, 5.74) is 2.02. The molecule has 6 unspecified atom stereocenters. The summed E-state index contributed by atoms with van der Waals surface area (Å²) in [6.45, 7) is 1.05. The number of aliphatic hydroxyl groups is 2. The molecular formula is C31H37O16P. The Labute approximate surface area is 274 Å². The standard InChI is InChI=1S/C31H37O16P/c1-13-40-10-23-30(45-13)26(33)27(34)31(46-23)47-28-15-4-5-18(32)25(15)24(16-8-19-20(9-17(16)28)42-11-41-19)14-6-21(38-2)29(22(7-14)39-3)43-12-44-48(35,36)37/h6-9,13,15,23-28,30-31,33-34H,4-5,10-12H2,1-3H3,(H2,35,36,37)/t13?,15-,23+,24+,25+,26?,27?,28?,30?,31?/m0/s1. The Kier molecular flexibility index (Phi) is 9.08. The number of methoxy groups -OCH3 is 2. The summed E-state index contributed by atoms with van der Waals surface area (Å²) in [7, 11) is -2.02. The molecule has 16 nitrogen and oxygen atoms in total. The molecule has 3 heterocycles. The molecule has 2 aromatic rings. The second-order valence-electron chi connectivity index (χ2n) is 12.2. The van der Waals surface area contributed by atoms with E-state index in [2.05, 4.69) is 4.52 Å². The zero-order chi connectivity index (χ0) is 33.9. The molecule has 2 saturated heterocycles. The highest BCUT2D eigenvalue weighted by molar-refractivity contribution is 7.46. The van der Waals surface area contributed by atoms with Gasteiger partial charge in [0.1, 0.15) is 30.2 Å². The summed E-state index contributed by atoms with van der Waals surface area (Å²) in [6, 6.07) is 6.97. The number of phosphoric acid groups is 1. The third kappa shape index (κ3) is 6.04. The Morgan fingerprint density at radius 3 is 2.31 bits per heavy atom. The van der Waals surface area contributed by atoms with Crippen molar-refractivity contribution >= 4 is 13.6 Å². The van der Waals surface area contributed by atoms with Gasteiger partial charge in [0.25, 0.3) is 0 Å². The van der Waals surface area contributed by atoms with Crippen molar-refractivity contribution in [2.45, 2.75) is 68.8 Å². The summed E-state index contributed by atoms with van der Waals surface area (Å²) in [4.78, 5) is 32.0. The molecule has 10 atom stereocenters. The molecule has 0 spiro atoms. The van der Waals surface area contributed by atoms with Gasteiger partial charge in [0.15, 0.2) is 35.6 Å². The number of benzene rings is 2. The highest BCUT2D eigenvalue weighted by Crippen LogP contribution is 2.58. The molecule has 3 aliphatic heterocycles. The van der Waals surface area contributed by atoms with Gasteiger partial charge < -0.3 is 62.6 Å². The molecule has 0 bridgehead atoms. The number of ether oxygens (including phenoxy) is 9. The Bertz CT molecular complexity index is 1570. The molecule has 2 aliphatic carbocycles. The lowest BCUT2D eigenvalue weighted by atomic mass is 9.66. The highest BCUT2D eigenvalue weighted by atomic mass is 31.2. The number of hydrogen-bond acceptors (Lipinski definition) is 14. The third-order valence-electron chi connectivity index (χ3n) is 9.56. The van der Waals surface area contributed by atoms with E-state index in [-0.39, 0.29) is 48.8 Å². The van der Waals surface area contributed by atoms with Crippen LogP contribution in [0.15, 0.2) is 24.3 Å². The van der Waals surface area contributed by atoms with Crippen LogP contribution >= 0.6 is 7.82 Å². The van der Waals surface area contributed by atoms with E-state index < -0.39 is 69.6 Å². The molecule has 5 aliphatic rings. The van der Waals surface area contributed by atoms with E-state index >= 15 is 0 Å². The van der Waals surface area contributed by atoms with Crippen LogP contribution in [0.4, 0.5) is 0 Å². The van der Waals surface area contributed by atoms with E-state index in [4.69, 9.17) is 52.4 Å². The van der Waals surface area contributed by atoms with Gasteiger partial charge in [-0.2, -0.15) is 0 Å². The Hall–Kier alpha value is -3.02. The van der Waals surface area contributed by atoms with Crippen molar-refractivity contribution in [2.24, 2.45) is 11.8 Å². The number of fused-ring (bicyclic) bond motifs is 4. The van der Waals surface area contributed by atoms with E-state index in [1.165, 1.54) is 14.2 Å². The molecule has 2 aromatic carbocycles. The zero-order valence-electron chi connectivity index (χ0n) is 26.3. The smallest absolute Gasteiger partial charge is 0.472 e. The lowest BCUT2D eigenvalue weighted by Crippen LogP contribution is -2.63. The second-order valence-corrected chi connectivity index (χ2v) is 13.5. The summed E-state index contributed by atoms with van der Waals surface area (Å²) < 4.78 is 67.8. The summed E-state index contributed by atoms with van der Waals surface area (Å²) >= 11 is 0. The average molecular weight is 697 g/mol. The van der Waals surface area contributed by atoms with E-state index in [0.29, 0.717) is 34.6 Å². The van der Waals surface area contributed by atoms with Crippen LogP contribution < -0.4 is 23.7 Å². The fourth-order valence-electron chi connectivity index (χ4n) is 7.47. The highest BCUT2D eigenvalue weighted by Gasteiger charge is 2.54. The number of carbonyl (C=O) groups is 1. The molecule has 0 radical (unpaired) electrons. The van der Waals surface area contributed by atoms with Crippen molar-refractivity contribution in [2.75, 3.05) is 34.4 Å². The Morgan fingerprint density at radius 2 is 1.65 bits per heavy atom. The minimum atomic E-state index is -4.81. The zero-order valence-corrected chi connectivity index (χ0v) is 27.1. The van der Waals surface area contributed by atoms with Crippen LogP contribution in [0.25, 0.3) is 0 Å². The Balaban J connectivity index is 1.28. The first-order valence-corrected chi connectivity index (χ1v) is 17.0. The number of rotatable bonds is 9. The first kappa shape index (κ1) is 33.5. The first-order chi connectivity index (χ1) is 23.0. The minimum Gasteiger partial charge on any atom is -0.493 e. The van der Waals surface area contributed by atoms with Crippen LogP contribution in [0.2, 0.25) is 0 Å². The van der Waals surface area contributed by atoms with Gasteiger partial charge in [0.2, 0.25) is 19.3 Å². The monoisotopic (exact) mass is 696 g/mol. The fourth-order valence-corrected chi connectivity index (χ4v) is 7.66. The predicted octanol–water partition coefficient (Wildman–Crippen LogP) is 1.88. The van der Waals surface area contributed by atoms with Gasteiger partial charge in [0, 0.05) is 24.2 Å². The summed E-state index contributed by atoms with van der Waals surface area (Å²) in [6.07, 6.45) is -6.06. The van der Waals surface area contributed by atoms with Crippen LogP contribution in [0.3, 0.4) is 0 Å². The SMILES string of the molecule is COc1cc([C@@H]2c3cc4c(cc3C(OC3O[C@@H]5COC(C)OC5C(O)C3O)[C@H]3CCC(=O)[C@H]23)OCO4)cc(OC)c1OCOP(=O)(O)O. The lowest BCUT2D eigenvalue weighted by molar-refractivity contribution is -0.364. The van der Waals surface area contributed by atoms with Crippen LogP contribution in [0, 0.1) is 11.8 Å². The first-order valence-electron chi connectivity index (χ1n) is 15.5. The van der Waals surface area contributed by atoms with E-state index in [1.807, 2.05) is 12.1 Å². The number of aliphatic hydroxyl groups excluding tert-OH is 2. The van der Waals surface area contributed by atoms with Crippen molar-refractivity contribution in [3.8, 4) is 28.7 Å². The van der Waals surface area contributed by atoms with Gasteiger partial charge >= 0.3 is 7.82 Å². The molecule has 48 heavy (non-hydrogen) atoms. The molecule has 7 rings (SSSR count). The molecular weight excluding hydrogens is 659 g/mol. The van der Waals surface area contributed by atoms with Gasteiger partial charge in [0.05, 0.1) is 26.9 Å². The van der Waals surface area contributed by atoms with Gasteiger partial charge in [-0.1, -0.05) is 0 Å². The Morgan fingerprint density at radius 1 is 0.958 bits per heavy atom. The van der Waals surface area contributed by atoms with Crippen molar-refractivity contribution < 1.29 is 76.5 Å². The average Bonchev–Trinajstić information content (AvgIpc) is 3.68. The third-order valence-corrected chi connectivity index (χ3v) is 10.00. The largest absolute Gasteiger partial charge is 0.493 e. The van der Waals surface area contributed by atoms with Crippen molar-refractivity contribution in [1.29, 1.82) is 0 Å². The van der Waals surface area contributed by atoms with Crippen LogP contribution in [-0.4, -0.2) is 97.2 Å². The van der Waals surface area contributed by atoms with Crippen molar-refractivity contribution in [3.63, 3.8) is 0 Å². The molecule has 3 fully saturated rings. The number of carbonyl (C=O) groups excluding carboxylic acids is 1. The normalized spacial score (nSPS) is 33.9. The van der Waals surface area contributed by atoms with Crippen LogP contribution in [0.5, 0.6) is 28.7 Å². The quantitative estimate of drug-likeness (QED) is 0.218. The second kappa shape index (κ2) is 13.0. The molecule has 0 amide bonds. The maximum absolute atomic E-state index is 13.8.